The van der Waals surface area contributed by atoms with E-state index in [1.807, 2.05) is 0 Å². The summed E-state index contributed by atoms with van der Waals surface area (Å²) in [7, 11) is 0. The first-order chi connectivity index (χ1) is 9.78. The molecule has 0 aromatic rings. The van der Waals surface area contributed by atoms with Crippen LogP contribution in [-0.2, 0) is 0 Å². The van der Waals surface area contributed by atoms with E-state index < -0.39 is 0 Å². The van der Waals surface area contributed by atoms with E-state index >= 15 is 0 Å². The maximum atomic E-state index is 3.71. The highest BCUT2D eigenvalue weighted by Gasteiger charge is 2.30. The molecule has 0 amide bonds. The Bertz CT molecular complexity index is 244. The van der Waals surface area contributed by atoms with E-state index in [2.05, 4.69) is 24.1 Å². The first kappa shape index (κ1) is 16.3. The van der Waals surface area contributed by atoms with Crippen molar-refractivity contribution >= 4 is 0 Å². The molecule has 1 N–H and O–H groups in total. The predicted molar refractivity (Wildman–Crippen MR) is 88.1 cm³/mol. The van der Waals surface area contributed by atoms with Crippen molar-refractivity contribution in [2.45, 2.75) is 71.6 Å². The molecule has 1 saturated heterocycles. The number of piperidine rings is 1. The van der Waals surface area contributed by atoms with Crippen molar-refractivity contribution in [1.29, 1.82) is 0 Å². The molecule has 1 aliphatic carbocycles. The van der Waals surface area contributed by atoms with Crippen LogP contribution in [0.25, 0.3) is 0 Å². The average molecular weight is 280 g/mol. The number of nitrogens with one attached hydrogen (secondary N) is 1. The van der Waals surface area contributed by atoms with Crippen LogP contribution in [0.2, 0.25) is 0 Å². The molecule has 2 nitrogen and oxygen atoms in total. The first-order valence-corrected chi connectivity index (χ1v) is 9.21. The van der Waals surface area contributed by atoms with Crippen LogP contribution in [0.4, 0.5) is 0 Å². The van der Waals surface area contributed by atoms with Crippen molar-refractivity contribution < 1.29 is 0 Å². The molecule has 0 unspecified atom stereocenters. The lowest BCUT2D eigenvalue weighted by molar-refractivity contribution is 0.0958. The maximum Gasteiger partial charge on any atom is 0.0107 e. The topological polar surface area (TPSA) is 15.3 Å². The van der Waals surface area contributed by atoms with Crippen molar-refractivity contribution in [1.82, 2.24) is 10.2 Å². The molecule has 0 aromatic heterocycles. The second kappa shape index (κ2) is 8.38. The fourth-order valence-corrected chi connectivity index (χ4v) is 4.14. The Balaban J connectivity index is 1.54. The third-order valence-electron chi connectivity index (χ3n) is 6.18. The fourth-order valence-electron chi connectivity index (χ4n) is 4.14. The van der Waals surface area contributed by atoms with Crippen molar-refractivity contribution in [3.05, 3.63) is 0 Å². The Hall–Kier alpha value is -0.0800. The summed E-state index contributed by atoms with van der Waals surface area (Å²) >= 11 is 0. The summed E-state index contributed by atoms with van der Waals surface area (Å²) in [4.78, 5) is 2.68. The van der Waals surface area contributed by atoms with Gasteiger partial charge in [-0.15, -0.1) is 0 Å². The van der Waals surface area contributed by atoms with Crippen LogP contribution < -0.4 is 5.32 Å². The molecular weight excluding hydrogens is 244 g/mol. The minimum absolute atomic E-state index is 0.673. The Kier molecular flexibility index (Phi) is 6.83. The Morgan fingerprint density at radius 1 is 1.00 bits per heavy atom. The number of likely N-dealkylation sites (tertiary alicyclic amines) is 1. The zero-order valence-electron chi connectivity index (χ0n) is 13.9. The summed E-state index contributed by atoms with van der Waals surface area (Å²) in [5.41, 5.74) is 0.673. The van der Waals surface area contributed by atoms with Gasteiger partial charge in [0.05, 0.1) is 0 Å². The van der Waals surface area contributed by atoms with Gasteiger partial charge in [0.25, 0.3) is 0 Å². The van der Waals surface area contributed by atoms with Gasteiger partial charge in [0.1, 0.15) is 0 Å². The predicted octanol–water partition coefficient (Wildman–Crippen LogP) is 4.06. The highest BCUT2D eigenvalue weighted by atomic mass is 15.1. The molecule has 1 aliphatic heterocycles. The van der Waals surface area contributed by atoms with Crippen LogP contribution in [-0.4, -0.2) is 37.6 Å². The summed E-state index contributed by atoms with van der Waals surface area (Å²) in [6.45, 7) is 11.1. The molecule has 2 rings (SSSR count). The number of hydrogen-bond acceptors (Lipinski definition) is 2. The molecule has 118 valence electrons. The van der Waals surface area contributed by atoms with Gasteiger partial charge in [-0.05, 0) is 56.7 Å². The zero-order valence-corrected chi connectivity index (χ0v) is 13.9. The van der Waals surface area contributed by atoms with Crippen molar-refractivity contribution in [3.8, 4) is 0 Å². The number of hydrogen-bond donors (Lipinski definition) is 1. The smallest absolute Gasteiger partial charge is 0.0107 e. The van der Waals surface area contributed by atoms with Gasteiger partial charge in [0, 0.05) is 13.1 Å². The van der Waals surface area contributed by atoms with E-state index in [1.165, 1.54) is 90.5 Å². The lowest BCUT2D eigenvalue weighted by Crippen LogP contribution is -2.42. The molecule has 0 radical (unpaired) electrons. The largest absolute Gasteiger partial charge is 0.315 e. The lowest BCUT2D eigenvalue weighted by Gasteiger charge is -2.41. The van der Waals surface area contributed by atoms with Gasteiger partial charge in [-0.2, -0.15) is 0 Å². The standard InChI is InChI=1S/C18H36N2/c1-3-18(4-2)10-13-20(14-11-18)15-12-19-16-17-8-6-5-7-9-17/h17,19H,3-16H2,1-2H3. The van der Waals surface area contributed by atoms with Crippen LogP contribution in [0.5, 0.6) is 0 Å². The summed E-state index contributed by atoms with van der Waals surface area (Å²) in [5, 5.41) is 3.71. The van der Waals surface area contributed by atoms with Gasteiger partial charge in [-0.1, -0.05) is 46.0 Å². The maximum absolute atomic E-state index is 3.71. The van der Waals surface area contributed by atoms with Crippen LogP contribution in [0, 0.1) is 11.3 Å². The number of nitrogens with zero attached hydrogens (tertiary/aromatic N) is 1. The average Bonchev–Trinajstić information content (AvgIpc) is 2.53. The second-order valence-corrected chi connectivity index (χ2v) is 7.26. The quantitative estimate of drug-likeness (QED) is 0.708. The zero-order chi connectivity index (χ0) is 14.3. The molecule has 2 fully saturated rings. The molecule has 0 bridgehead atoms. The van der Waals surface area contributed by atoms with Crippen molar-refractivity contribution in [2.24, 2.45) is 11.3 Å². The SMILES string of the molecule is CCC1(CC)CCN(CCNCC2CCCCC2)CC1. The molecule has 1 heterocycles. The molecule has 0 atom stereocenters. The Morgan fingerprint density at radius 3 is 2.25 bits per heavy atom. The molecule has 2 aliphatic rings. The van der Waals surface area contributed by atoms with Gasteiger partial charge in [-0.3, -0.25) is 0 Å². The minimum atomic E-state index is 0.673. The summed E-state index contributed by atoms with van der Waals surface area (Å²) in [5.74, 6) is 0.970. The van der Waals surface area contributed by atoms with Gasteiger partial charge in [-0.25, -0.2) is 0 Å². The summed E-state index contributed by atoms with van der Waals surface area (Å²) < 4.78 is 0. The van der Waals surface area contributed by atoms with Gasteiger partial charge in [0.15, 0.2) is 0 Å². The van der Waals surface area contributed by atoms with Crippen molar-refractivity contribution in [2.75, 3.05) is 32.7 Å². The number of rotatable bonds is 7. The molecule has 20 heavy (non-hydrogen) atoms. The van der Waals surface area contributed by atoms with Crippen LogP contribution >= 0.6 is 0 Å². The summed E-state index contributed by atoms with van der Waals surface area (Å²) in [6.07, 6.45) is 12.9. The normalized spacial score (nSPS) is 24.9. The lowest BCUT2D eigenvalue weighted by atomic mass is 9.74. The van der Waals surface area contributed by atoms with Gasteiger partial charge < -0.3 is 10.2 Å². The van der Waals surface area contributed by atoms with E-state index in [0.717, 1.165) is 5.92 Å². The Morgan fingerprint density at radius 2 is 1.65 bits per heavy atom. The van der Waals surface area contributed by atoms with Crippen LogP contribution in [0.1, 0.15) is 71.6 Å². The molecule has 2 heteroatoms. The highest BCUT2D eigenvalue weighted by Crippen LogP contribution is 2.37. The van der Waals surface area contributed by atoms with Gasteiger partial charge >= 0.3 is 0 Å². The highest BCUT2D eigenvalue weighted by molar-refractivity contribution is 4.84. The second-order valence-electron chi connectivity index (χ2n) is 7.26. The van der Waals surface area contributed by atoms with E-state index in [1.54, 1.807) is 0 Å². The first-order valence-electron chi connectivity index (χ1n) is 9.21. The van der Waals surface area contributed by atoms with Crippen LogP contribution in [0.3, 0.4) is 0 Å². The van der Waals surface area contributed by atoms with E-state index in [0.29, 0.717) is 5.41 Å². The monoisotopic (exact) mass is 280 g/mol. The van der Waals surface area contributed by atoms with E-state index in [9.17, 15) is 0 Å². The third-order valence-corrected chi connectivity index (χ3v) is 6.18. The third kappa shape index (κ3) is 4.73. The van der Waals surface area contributed by atoms with E-state index in [-0.39, 0.29) is 0 Å². The molecule has 1 saturated carbocycles. The van der Waals surface area contributed by atoms with Crippen LogP contribution in [0.15, 0.2) is 0 Å². The Labute approximate surface area is 126 Å². The van der Waals surface area contributed by atoms with Gasteiger partial charge in [0.2, 0.25) is 0 Å². The molecule has 0 spiro atoms. The van der Waals surface area contributed by atoms with Crippen molar-refractivity contribution in [3.63, 3.8) is 0 Å². The minimum Gasteiger partial charge on any atom is -0.315 e. The fraction of sp³-hybridized carbons (Fsp3) is 1.00. The summed E-state index contributed by atoms with van der Waals surface area (Å²) in [6, 6.07) is 0. The molecular formula is C18H36N2. The molecule has 0 aromatic carbocycles. The van der Waals surface area contributed by atoms with E-state index in [4.69, 9.17) is 0 Å².